The van der Waals surface area contributed by atoms with Crippen molar-refractivity contribution in [2.24, 2.45) is 4.99 Å². The fourth-order valence-electron chi connectivity index (χ4n) is 4.41. The average molecular weight is 405 g/mol. The van der Waals surface area contributed by atoms with Crippen molar-refractivity contribution < 1.29 is 14.2 Å². The van der Waals surface area contributed by atoms with Gasteiger partial charge in [0.25, 0.3) is 0 Å². The summed E-state index contributed by atoms with van der Waals surface area (Å²) in [5.74, 6) is 2.98. The average Bonchev–Trinajstić information content (AvgIpc) is 3.43. The summed E-state index contributed by atoms with van der Waals surface area (Å²) < 4.78 is 16.4. The molecule has 29 heavy (non-hydrogen) atoms. The number of likely N-dealkylation sites (tertiary alicyclic amines) is 1. The second-order valence-corrected chi connectivity index (χ2v) is 7.77. The molecule has 1 unspecified atom stereocenters. The Morgan fingerprint density at radius 1 is 1.07 bits per heavy atom. The molecule has 2 fully saturated rings. The van der Waals surface area contributed by atoms with Crippen molar-refractivity contribution in [2.75, 3.05) is 41.0 Å². The van der Waals surface area contributed by atoms with Crippen LogP contribution in [0.1, 0.15) is 44.6 Å². The highest BCUT2D eigenvalue weighted by molar-refractivity contribution is 5.80. The van der Waals surface area contributed by atoms with Crippen LogP contribution in [0.4, 0.5) is 0 Å². The van der Waals surface area contributed by atoms with E-state index in [-0.39, 0.29) is 0 Å². The molecule has 2 aliphatic rings. The smallest absolute Gasteiger partial charge is 0.191 e. The second-order valence-electron chi connectivity index (χ2n) is 7.77. The van der Waals surface area contributed by atoms with Crippen molar-refractivity contribution in [2.45, 2.75) is 57.7 Å². The summed E-state index contributed by atoms with van der Waals surface area (Å²) in [5.41, 5.74) is 0.909. The van der Waals surface area contributed by atoms with Gasteiger partial charge in [0.15, 0.2) is 5.96 Å². The van der Waals surface area contributed by atoms with Gasteiger partial charge in [-0.25, -0.2) is 4.99 Å². The Morgan fingerprint density at radius 2 is 1.76 bits per heavy atom. The van der Waals surface area contributed by atoms with Gasteiger partial charge < -0.3 is 24.8 Å². The molecule has 7 nitrogen and oxygen atoms in total. The number of ether oxygens (including phenoxy) is 3. The molecule has 2 N–H and O–H groups in total. The van der Waals surface area contributed by atoms with E-state index in [4.69, 9.17) is 19.2 Å². The van der Waals surface area contributed by atoms with E-state index in [1.807, 2.05) is 12.1 Å². The third kappa shape index (κ3) is 5.47. The molecular weight excluding hydrogens is 368 g/mol. The summed E-state index contributed by atoms with van der Waals surface area (Å²) in [6.07, 6.45) is 6.65. The zero-order valence-corrected chi connectivity index (χ0v) is 18.3. The monoisotopic (exact) mass is 404 g/mol. The summed E-state index contributed by atoms with van der Waals surface area (Å²) >= 11 is 0. The quantitative estimate of drug-likeness (QED) is 0.513. The summed E-state index contributed by atoms with van der Waals surface area (Å²) in [4.78, 5) is 7.47. The van der Waals surface area contributed by atoms with Crippen molar-refractivity contribution in [3.63, 3.8) is 0 Å². The highest BCUT2D eigenvalue weighted by atomic mass is 16.5. The standard InChI is InChI=1S/C22H36N4O3/c1-5-23-22(25-16-10-11-26(15-16)17-8-6-7-9-17)24-14-19-20(28-3)12-18(27-2)13-21(19)29-4/h12-13,16-17H,5-11,14-15H2,1-4H3,(H2,23,24,25). The summed E-state index contributed by atoms with van der Waals surface area (Å²) in [7, 11) is 4.94. The first kappa shape index (κ1) is 21.6. The SMILES string of the molecule is CCNC(=NCc1c(OC)cc(OC)cc1OC)NC1CCN(C2CCCC2)C1. The predicted octanol–water partition coefficient (Wildman–Crippen LogP) is 2.78. The zero-order chi connectivity index (χ0) is 20.6. The number of methoxy groups -OCH3 is 3. The maximum Gasteiger partial charge on any atom is 0.191 e. The maximum atomic E-state index is 5.55. The highest BCUT2D eigenvalue weighted by Crippen LogP contribution is 2.34. The number of hydrogen-bond acceptors (Lipinski definition) is 5. The van der Waals surface area contributed by atoms with Crippen LogP contribution in [0, 0.1) is 0 Å². The molecule has 1 atom stereocenters. The van der Waals surface area contributed by atoms with E-state index in [9.17, 15) is 0 Å². The van der Waals surface area contributed by atoms with Crippen LogP contribution in [0.3, 0.4) is 0 Å². The number of aliphatic imine (C=N–C) groups is 1. The molecule has 1 saturated carbocycles. The number of benzene rings is 1. The first-order valence-corrected chi connectivity index (χ1v) is 10.8. The van der Waals surface area contributed by atoms with Crippen LogP contribution >= 0.6 is 0 Å². The number of rotatable bonds is 8. The van der Waals surface area contributed by atoms with Gasteiger partial charge in [0.2, 0.25) is 0 Å². The second kappa shape index (κ2) is 10.6. The molecular formula is C22H36N4O3. The van der Waals surface area contributed by atoms with Crippen LogP contribution < -0.4 is 24.8 Å². The number of nitrogens with one attached hydrogen (secondary N) is 2. The first-order chi connectivity index (χ1) is 14.2. The van der Waals surface area contributed by atoms with Crippen LogP contribution in [0.5, 0.6) is 17.2 Å². The van der Waals surface area contributed by atoms with Gasteiger partial charge in [-0.05, 0) is 26.2 Å². The molecule has 162 valence electrons. The zero-order valence-electron chi connectivity index (χ0n) is 18.3. The molecule has 1 aromatic carbocycles. The molecule has 0 bridgehead atoms. The summed E-state index contributed by atoms with van der Waals surface area (Å²) in [6, 6.07) is 4.95. The van der Waals surface area contributed by atoms with Gasteiger partial charge in [0.05, 0.1) is 33.4 Å². The van der Waals surface area contributed by atoms with Gasteiger partial charge in [-0.15, -0.1) is 0 Å². The summed E-state index contributed by atoms with van der Waals surface area (Å²) in [6.45, 7) is 5.66. The van der Waals surface area contributed by atoms with E-state index in [0.29, 0.717) is 29.8 Å². The molecule has 0 spiro atoms. The van der Waals surface area contributed by atoms with E-state index in [0.717, 1.165) is 37.1 Å². The molecule has 3 rings (SSSR count). The Kier molecular flexibility index (Phi) is 7.86. The molecule has 1 saturated heterocycles. The topological polar surface area (TPSA) is 67.4 Å². The molecule has 1 aliphatic carbocycles. The Balaban J connectivity index is 1.68. The van der Waals surface area contributed by atoms with E-state index in [1.165, 1.54) is 32.2 Å². The van der Waals surface area contributed by atoms with E-state index < -0.39 is 0 Å². The lowest BCUT2D eigenvalue weighted by atomic mass is 10.1. The fraction of sp³-hybridized carbons (Fsp3) is 0.682. The van der Waals surface area contributed by atoms with E-state index in [1.54, 1.807) is 21.3 Å². The minimum Gasteiger partial charge on any atom is -0.496 e. The van der Waals surface area contributed by atoms with Crippen molar-refractivity contribution in [3.05, 3.63) is 17.7 Å². The Bertz CT molecular complexity index is 664. The fourth-order valence-corrected chi connectivity index (χ4v) is 4.41. The lowest BCUT2D eigenvalue weighted by Crippen LogP contribution is -2.45. The minimum absolute atomic E-state index is 0.438. The Morgan fingerprint density at radius 3 is 2.34 bits per heavy atom. The Labute approximate surface area is 174 Å². The first-order valence-electron chi connectivity index (χ1n) is 10.8. The van der Waals surface area contributed by atoms with E-state index >= 15 is 0 Å². The van der Waals surface area contributed by atoms with E-state index in [2.05, 4.69) is 22.5 Å². The third-order valence-electron chi connectivity index (χ3n) is 5.96. The largest absolute Gasteiger partial charge is 0.496 e. The minimum atomic E-state index is 0.438. The van der Waals surface area contributed by atoms with Crippen molar-refractivity contribution in [1.29, 1.82) is 0 Å². The lowest BCUT2D eigenvalue weighted by Gasteiger charge is -2.24. The van der Waals surface area contributed by atoms with Gasteiger partial charge in [-0.2, -0.15) is 0 Å². The van der Waals surface area contributed by atoms with Crippen LogP contribution in [0.15, 0.2) is 17.1 Å². The molecule has 7 heteroatoms. The lowest BCUT2D eigenvalue weighted by molar-refractivity contribution is 0.242. The molecule has 1 aliphatic heterocycles. The number of guanidine groups is 1. The number of nitrogens with zero attached hydrogens (tertiary/aromatic N) is 2. The van der Waals surface area contributed by atoms with Gasteiger partial charge >= 0.3 is 0 Å². The van der Waals surface area contributed by atoms with Gasteiger partial charge in [-0.3, -0.25) is 4.90 Å². The maximum absolute atomic E-state index is 5.55. The normalized spacial score (nSPS) is 20.7. The molecule has 0 amide bonds. The van der Waals surface area contributed by atoms with Crippen LogP contribution in [-0.4, -0.2) is 63.9 Å². The van der Waals surface area contributed by atoms with Gasteiger partial charge in [-0.1, -0.05) is 12.8 Å². The van der Waals surface area contributed by atoms with Crippen molar-refractivity contribution >= 4 is 5.96 Å². The van der Waals surface area contributed by atoms with Crippen molar-refractivity contribution in [1.82, 2.24) is 15.5 Å². The third-order valence-corrected chi connectivity index (χ3v) is 5.96. The van der Waals surface area contributed by atoms with Crippen LogP contribution in [0.25, 0.3) is 0 Å². The van der Waals surface area contributed by atoms with Gasteiger partial charge in [0.1, 0.15) is 17.2 Å². The van der Waals surface area contributed by atoms with Gasteiger partial charge in [0, 0.05) is 43.9 Å². The van der Waals surface area contributed by atoms with Crippen molar-refractivity contribution in [3.8, 4) is 17.2 Å². The summed E-state index contributed by atoms with van der Waals surface area (Å²) in [5, 5.41) is 7.00. The molecule has 1 heterocycles. The number of hydrogen-bond donors (Lipinski definition) is 2. The molecule has 0 aromatic heterocycles. The predicted molar refractivity (Wildman–Crippen MR) is 116 cm³/mol. The highest BCUT2D eigenvalue weighted by Gasteiger charge is 2.30. The molecule has 0 radical (unpaired) electrons. The van der Waals surface area contributed by atoms with Crippen LogP contribution in [0.2, 0.25) is 0 Å². The Hall–Kier alpha value is -2.15. The molecule has 1 aromatic rings. The van der Waals surface area contributed by atoms with Crippen LogP contribution in [-0.2, 0) is 6.54 Å².